The summed E-state index contributed by atoms with van der Waals surface area (Å²) in [6.07, 6.45) is 4.56. The van der Waals surface area contributed by atoms with Gasteiger partial charge in [-0.1, -0.05) is 62.3 Å². The number of hydrogen-bond donors (Lipinski definition) is 0. The zero-order chi connectivity index (χ0) is 16.5. The Morgan fingerprint density at radius 1 is 1.14 bits per heavy atom. The second-order valence-electron chi connectivity index (χ2n) is 8.39. The molecule has 1 aromatic heterocycles. The Kier molecular flexibility index (Phi) is 4.82. The average Bonchev–Trinajstić information content (AvgIpc) is 2.36. The van der Waals surface area contributed by atoms with E-state index >= 15 is 0 Å². The zero-order valence-corrected chi connectivity index (χ0v) is 16.9. The van der Waals surface area contributed by atoms with Gasteiger partial charge in [-0.25, -0.2) is 0 Å². The molecule has 1 aromatic rings. The molecule has 0 atom stereocenters. The summed E-state index contributed by atoms with van der Waals surface area (Å²) in [4.78, 5) is 12.1. The number of hydrogen-bond acceptors (Lipinski definition) is 1. The molecular weight excluding hydrogens is 302 g/mol. The highest BCUT2D eigenvalue weighted by atomic mass is 28.3. The van der Waals surface area contributed by atoms with Gasteiger partial charge in [0.15, 0.2) is 0 Å². The summed E-state index contributed by atoms with van der Waals surface area (Å²) in [5.74, 6) is 0. The standard InChI is InChI=1S/C18H29NOSi2/c1-21(2,3)14-16(22(4,5)6)13-15-9-8-12-19-17(15)10-7-11-18(19)20/h7,10-11,13-14H,8-9,12H2,1-6H3/b15-13-,16-14-. The Hall–Kier alpha value is -1.14. The molecule has 4 heteroatoms. The van der Waals surface area contributed by atoms with Crippen molar-refractivity contribution in [1.82, 2.24) is 4.57 Å². The lowest BCUT2D eigenvalue weighted by Gasteiger charge is -2.26. The van der Waals surface area contributed by atoms with Crippen molar-refractivity contribution in [2.75, 3.05) is 0 Å². The van der Waals surface area contributed by atoms with Crippen LogP contribution in [0.15, 0.2) is 40.0 Å². The van der Waals surface area contributed by atoms with Crippen LogP contribution in [0.5, 0.6) is 0 Å². The maximum atomic E-state index is 12.1. The second-order valence-corrected chi connectivity index (χ2v) is 18.5. The lowest BCUT2D eigenvalue weighted by molar-refractivity contribution is 0.595. The lowest BCUT2D eigenvalue weighted by atomic mass is 10.0. The van der Waals surface area contributed by atoms with E-state index in [4.69, 9.17) is 0 Å². The molecule has 0 N–H and O–H groups in total. The number of nitrogens with zero attached hydrogens (tertiary/aromatic N) is 1. The molecule has 2 nitrogen and oxygen atoms in total. The predicted molar refractivity (Wildman–Crippen MR) is 103 cm³/mol. The van der Waals surface area contributed by atoms with E-state index in [1.807, 2.05) is 10.6 Å². The highest BCUT2D eigenvalue weighted by Gasteiger charge is 2.23. The Bertz CT molecular complexity index is 670. The predicted octanol–water partition coefficient (Wildman–Crippen LogP) is 4.71. The molecule has 0 amide bonds. The smallest absolute Gasteiger partial charge is 0.250 e. The van der Waals surface area contributed by atoms with Gasteiger partial charge in [-0.15, -0.1) is 0 Å². The number of aromatic nitrogens is 1. The van der Waals surface area contributed by atoms with Crippen molar-refractivity contribution in [2.24, 2.45) is 0 Å². The van der Waals surface area contributed by atoms with Crippen LogP contribution in [0.1, 0.15) is 18.5 Å². The Morgan fingerprint density at radius 3 is 2.41 bits per heavy atom. The first-order valence-corrected chi connectivity index (χ1v) is 15.3. The molecule has 1 aliphatic heterocycles. The fourth-order valence-corrected chi connectivity index (χ4v) is 7.52. The van der Waals surface area contributed by atoms with E-state index in [0.717, 1.165) is 25.1 Å². The van der Waals surface area contributed by atoms with Crippen molar-refractivity contribution in [1.29, 1.82) is 0 Å². The van der Waals surface area contributed by atoms with E-state index in [2.05, 4.69) is 57.1 Å². The minimum Gasteiger partial charge on any atom is -0.309 e. The van der Waals surface area contributed by atoms with Crippen molar-refractivity contribution in [3.8, 4) is 0 Å². The summed E-state index contributed by atoms with van der Waals surface area (Å²) >= 11 is 0. The molecule has 0 fully saturated rings. The normalized spacial score (nSPS) is 18.5. The molecule has 0 saturated carbocycles. The highest BCUT2D eigenvalue weighted by Crippen LogP contribution is 2.29. The van der Waals surface area contributed by atoms with Gasteiger partial charge < -0.3 is 4.57 Å². The van der Waals surface area contributed by atoms with Gasteiger partial charge in [0.1, 0.15) is 0 Å². The van der Waals surface area contributed by atoms with Crippen LogP contribution in [0.25, 0.3) is 5.57 Å². The molecule has 0 spiro atoms. The summed E-state index contributed by atoms with van der Waals surface area (Å²) in [6.45, 7) is 15.3. The highest BCUT2D eigenvalue weighted by molar-refractivity contribution is 6.88. The van der Waals surface area contributed by atoms with Crippen molar-refractivity contribution in [2.45, 2.75) is 58.7 Å². The van der Waals surface area contributed by atoms with E-state index < -0.39 is 16.1 Å². The Balaban J connectivity index is 2.55. The van der Waals surface area contributed by atoms with Crippen LogP contribution in [0.3, 0.4) is 0 Å². The van der Waals surface area contributed by atoms with Crippen molar-refractivity contribution in [3.63, 3.8) is 0 Å². The molecule has 2 heterocycles. The molecule has 22 heavy (non-hydrogen) atoms. The topological polar surface area (TPSA) is 22.0 Å². The van der Waals surface area contributed by atoms with Gasteiger partial charge in [-0.05, 0) is 24.5 Å². The first-order valence-electron chi connectivity index (χ1n) is 8.22. The third-order valence-corrected chi connectivity index (χ3v) is 7.48. The fourth-order valence-electron chi connectivity index (χ4n) is 2.86. The van der Waals surface area contributed by atoms with Gasteiger partial charge in [0.05, 0.1) is 16.1 Å². The Morgan fingerprint density at radius 2 is 1.82 bits per heavy atom. The quantitative estimate of drug-likeness (QED) is 0.735. The van der Waals surface area contributed by atoms with Gasteiger partial charge in [0, 0.05) is 18.3 Å². The molecule has 0 aromatic carbocycles. The van der Waals surface area contributed by atoms with Crippen LogP contribution in [0, 0.1) is 0 Å². The first kappa shape index (κ1) is 17.2. The van der Waals surface area contributed by atoms with Gasteiger partial charge in [-0.2, -0.15) is 0 Å². The third kappa shape index (κ3) is 4.20. The monoisotopic (exact) mass is 331 g/mol. The molecule has 0 aliphatic carbocycles. The van der Waals surface area contributed by atoms with Crippen molar-refractivity contribution < 1.29 is 0 Å². The molecule has 2 rings (SSSR count). The summed E-state index contributed by atoms with van der Waals surface area (Å²) < 4.78 is 1.94. The number of rotatable bonds is 3. The molecule has 1 aliphatic rings. The van der Waals surface area contributed by atoms with Crippen molar-refractivity contribution in [3.05, 3.63) is 51.2 Å². The van der Waals surface area contributed by atoms with Crippen LogP contribution in [-0.4, -0.2) is 20.7 Å². The molecule has 0 bridgehead atoms. The van der Waals surface area contributed by atoms with Gasteiger partial charge >= 0.3 is 0 Å². The van der Waals surface area contributed by atoms with E-state index in [1.165, 1.54) is 5.57 Å². The molecule has 0 unspecified atom stereocenters. The third-order valence-electron chi connectivity index (χ3n) is 3.99. The van der Waals surface area contributed by atoms with Crippen LogP contribution >= 0.6 is 0 Å². The van der Waals surface area contributed by atoms with E-state index in [0.29, 0.717) is 0 Å². The summed E-state index contributed by atoms with van der Waals surface area (Å²) in [5.41, 5.74) is 5.16. The van der Waals surface area contributed by atoms with Crippen molar-refractivity contribution >= 4 is 21.7 Å². The van der Waals surface area contributed by atoms with Crippen LogP contribution < -0.4 is 5.56 Å². The minimum absolute atomic E-state index is 0.131. The summed E-state index contributed by atoms with van der Waals surface area (Å²) in [5, 5.41) is 1.55. The Labute approximate surface area is 136 Å². The molecule has 0 saturated heterocycles. The minimum atomic E-state index is -1.38. The maximum absolute atomic E-state index is 12.1. The van der Waals surface area contributed by atoms with Gasteiger partial charge in [-0.3, -0.25) is 4.79 Å². The van der Waals surface area contributed by atoms with E-state index in [-0.39, 0.29) is 5.56 Å². The maximum Gasteiger partial charge on any atom is 0.250 e. The first-order chi connectivity index (χ1) is 10.1. The van der Waals surface area contributed by atoms with Gasteiger partial charge in [0.25, 0.3) is 5.56 Å². The summed E-state index contributed by atoms with van der Waals surface area (Å²) in [7, 11) is -2.64. The van der Waals surface area contributed by atoms with Crippen LogP contribution in [0.4, 0.5) is 0 Å². The van der Waals surface area contributed by atoms with Crippen LogP contribution in [-0.2, 0) is 6.54 Å². The van der Waals surface area contributed by atoms with E-state index in [1.54, 1.807) is 11.3 Å². The van der Waals surface area contributed by atoms with Crippen LogP contribution in [0.2, 0.25) is 39.3 Å². The number of allylic oxidation sites excluding steroid dienone is 3. The lowest BCUT2D eigenvalue weighted by Crippen LogP contribution is -2.29. The second kappa shape index (κ2) is 6.16. The SMILES string of the molecule is C[Si](C)(C)/C=C(/C=C1/CCCn2c1cccc2=O)[Si](C)(C)C. The largest absolute Gasteiger partial charge is 0.309 e. The molecular formula is C18H29NOSi2. The number of fused-ring (bicyclic) bond motifs is 1. The summed E-state index contributed by atoms with van der Waals surface area (Å²) in [6, 6.07) is 5.66. The average molecular weight is 332 g/mol. The molecule has 120 valence electrons. The fraction of sp³-hybridized carbons (Fsp3) is 0.500. The molecule has 0 radical (unpaired) electrons. The van der Waals surface area contributed by atoms with E-state index in [9.17, 15) is 4.79 Å². The van der Waals surface area contributed by atoms with Gasteiger partial charge in [0.2, 0.25) is 0 Å². The zero-order valence-electron chi connectivity index (χ0n) is 14.9. The number of pyridine rings is 1.